The van der Waals surface area contributed by atoms with Gasteiger partial charge in [-0.05, 0) is 23.3 Å². The second-order valence-corrected chi connectivity index (χ2v) is 9.07. The molecule has 5 atom stereocenters. The zero-order valence-corrected chi connectivity index (χ0v) is 20.8. The predicted octanol–water partition coefficient (Wildman–Crippen LogP) is 2.13. The van der Waals surface area contributed by atoms with Crippen LogP contribution in [0.2, 0.25) is 0 Å². The van der Waals surface area contributed by atoms with Crippen molar-refractivity contribution in [3.05, 3.63) is 100 Å². The van der Waals surface area contributed by atoms with E-state index < -0.39 is 48.7 Å². The average molecular weight is 537 g/mol. The summed E-state index contributed by atoms with van der Waals surface area (Å²) in [6.45, 7) is -0.261. The lowest BCUT2D eigenvalue weighted by atomic mass is 9.99. The highest BCUT2D eigenvalue weighted by molar-refractivity contribution is 5.86. The van der Waals surface area contributed by atoms with Crippen LogP contribution < -0.4 is 19.8 Å². The Morgan fingerprint density at radius 3 is 2.03 bits per heavy atom. The number of fused-ring (bicyclic) bond motifs is 1. The molecular weight excluding hydrogens is 508 g/mol. The summed E-state index contributed by atoms with van der Waals surface area (Å²) in [5.74, 6) is 0.0866. The Morgan fingerprint density at radius 2 is 1.38 bits per heavy atom. The highest BCUT2D eigenvalue weighted by Gasteiger charge is 2.45. The zero-order chi connectivity index (χ0) is 27.4. The van der Waals surface area contributed by atoms with Gasteiger partial charge < -0.3 is 43.8 Å². The molecule has 1 fully saturated rings. The van der Waals surface area contributed by atoms with Gasteiger partial charge in [-0.2, -0.15) is 0 Å². The van der Waals surface area contributed by atoms with Gasteiger partial charge in [-0.3, -0.25) is 0 Å². The first-order chi connectivity index (χ1) is 18.9. The number of rotatable bonds is 9. The Bertz CT molecular complexity index is 1440. The first-order valence-corrected chi connectivity index (χ1v) is 12.4. The molecule has 0 radical (unpaired) electrons. The maximum atomic E-state index is 13.1. The number of ether oxygens (including phenoxy) is 4. The van der Waals surface area contributed by atoms with Crippen LogP contribution in [-0.4, -0.2) is 57.7 Å². The minimum Gasteiger partial charge on any atom is -0.489 e. The maximum absolute atomic E-state index is 13.1. The molecule has 0 unspecified atom stereocenters. The summed E-state index contributed by atoms with van der Waals surface area (Å²) in [4.78, 5) is 13.1. The molecule has 3 aromatic carbocycles. The van der Waals surface area contributed by atoms with E-state index in [4.69, 9.17) is 23.4 Å². The third-order valence-corrected chi connectivity index (χ3v) is 6.35. The van der Waals surface area contributed by atoms with Gasteiger partial charge >= 0.3 is 5.63 Å². The van der Waals surface area contributed by atoms with E-state index in [1.54, 1.807) is 18.2 Å². The van der Waals surface area contributed by atoms with E-state index in [-0.39, 0.29) is 17.9 Å². The Hall–Kier alpha value is -3.93. The molecule has 10 heteroatoms. The standard InChI is InChI=1S/C29H28O10/c30-14-22-23(31)24(32)25(33)29(38-22)39-27-26(36-16-18-9-5-2-6-10-18)20-12-11-19(13-21(20)37-28(27)34)35-15-17-7-3-1-4-8-17/h1-13,22-25,29-33H,14-16H2/t22-,23-,24+,25+,29+/m1/s1. The van der Waals surface area contributed by atoms with Gasteiger partial charge in [0.2, 0.25) is 6.29 Å². The largest absolute Gasteiger partial charge is 0.489 e. The van der Waals surface area contributed by atoms with Crippen LogP contribution >= 0.6 is 0 Å². The Kier molecular flexibility index (Phi) is 8.10. The molecule has 0 aliphatic carbocycles. The molecule has 204 valence electrons. The average Bonchev–Trinajstić information content (AvgIpc) is 2.97. The lowest BCUT2D eigenvalue weighted by Gasteiger charge is -2.39. The topological polar surface area (TPSA) is 148 Å². The first-order valence-electron chi connectivity index (χ1n) is 12.4. The van der Waals surface area contributed by atoms with E-state index in [0.717, 1.165) is 11.1 Å². The van der Waals surface area contributed by atoms with Gasteiger partial charge in [0.25, 0.3) is 5.75 Å². The molecule has 0 saturated carbocycles. The molecule has 1 saturated heterocycles. The van der Waals surface area contributed by atoms with Crippen LogP contribution in [0.15, 0.2) is 88.1 Å². The molecule has 0 amide bonds. The fraction of sp³-hybridized carbons (Fsp3) is 0.276. The second kappa shape index (κ2) is 11.9. The van der Waals surface area contributed by atoms with Crippen molar-refractivity contribution in [1.82, 2.24) is 0 Å². The number of aliphatic hydroxyl groups excluding tert-OH is 4. The highest BCUT2D eigenvalue weighted by Crippen LogP contribution is 2.37. The summed E-state index contributed by atoms with van der Waals surface area (Å²) in [5, 5.41) is 40.6. The molecule has 1 aromatic heterocycles. The van der Waals surface area contributed by atoms with Gasteiger partial charge in [-0.1, -0.05) is 60.7 Å². The van der Waals surface area contributed by atoms with Gasteiger partial charge in [-0.15, -0.1) is 0 Å². The number of hydrogen-bond acceptors (Lipinski definition) is 10. The van der Waals surface area contributed by atoms with E-state index in [2.05, 4.69) is 0 Å². The third-order valence-electron chi connectivity index (χ3n) is 6.35. The first kappa shape index (κ1) is 26.7. The van der Waals surface area contributed by atoms with Crippen molar-refractivity contribution in [2.24, 2.45) is 0 Å². The SMILES string of the molecule is O=c1oc2cc(OCc3ccccc3)ccc2c(OCc2ccccc2)c1O[C@@H]1O[C@H](CO)[C@@H](O)[C@H](O)[C@@H]1O. The summed E-state index contributed by atoms with van der Waals surface area (Å²) in [6.07, 6.45) is -7.83. The summed E-state index contributed by atoms with van der Waals surface area (Å²) < 4.78 is 28.5. The summed E-state index contributed by atoms with van der Waals surface area (Å²) >= 11 is 0. The van der Waals surface area contributed by atoms with Crippen LogP contribution in [-0.2, 0) is 18.0 Å². The molecule has 4 aromatic rings. The van der Waals surface area contributed by atoms with E-state index in [1.165, 1.54) is 0 Å². The van der Waals surface area contributed by atoms with E-state index in [9.17, 15) is 25.2 Å². The van der Waals surface area contributed by atoms with E-state index >= 15 is 0 Å². The third kappa shape index (κ3) is 5.90. The molecule has 0 spiro atoms. The van der Waals surface area contributed by atoms with Crippen LogP contribution in [0, 0.1) is 0 Å². The molecule has 2 heterocycles. The Labute approximate surface area is 223 Å². The molecular formula is C29H28O10. The fourth-order valence-corrected chi connectivity index (χ4v) is 4.22. The van der Waals surface area contributed by atoms with Crippen LogP contribution in [0.25, 0.3) is 11.0 Å². The van der Waals surface area contributed by atoms with Crippen LogP contribution in [0.5, 0.6) is 17.2 Å². The van der Waals surface area contributed by atoms with Gasteiger partial charge in [0.1, 0.15) is 49.0 Å². The molecule has 10 nitrogen and oxygen atoms in total. The molecule has 0 bridgehead atoms. The van der Waals surface area contributed by atoms with Gasteiger partial charge in [0.05, 0.1) is 12.0 Å². The normalized spacial score (nSPS) is 22.9. The molecule has 5 rings (SSSR count). The Morgan fingerprint density at radius 1 is 0.744 bits per heavy atom. The second-order valence-electron chi connectivity index (χ2n) is 9.07. The molecule has 39 heavy (non-hydrogen) atoms. The maximum Gasteiger partial charge on any atom is 0.383 e. The monoisotopic (exact) mass is 536 g/mol. The zero-order valence-electron chi connectivity index (χ0n) is 20.8. The number of aliphatic hydroxyl groups is 4. The van der Waals surface area contributed by atoms with Crippen LogP contribution in [0.3, 0.4) is 0 Å². The fourth-order valence-electron chi connectivity index (χ4n) is 4.22. The molecule has 4 N–H and O–H groups in total. The lowest BCUT2D eigenvalue weighted by molar-refractivity contribution is -0.278. The van der Waals surface area contributed by atoms with Crippen molar-refractivity contribution in [1.29, 1.82) is 0 Å². The smallest absolute Gasteiger partial charge is 0.383 e. The Balaban J connectivity index is 1.48. The van der Waals surface area contributed by atoms with Gasteiger partial charge in [-0.25, -0.2) is 4.79 Å². The van der Waals surface area contributed by atoms with E-state index in [1.807, 2.05) is 60.7 Å². The van der Waals surface area contributed by atoms with Crippen molar-refractivity contribution in [2.75, 3.05) is 6.61 Å². The summed E-state index contributed by atoms with van der Waals surface area (Å²) in [6, 6.07) is 23.7. The van der Waals surface area contributed by atoms with E-state index in [0.29, 0.717) is 17.7 Å². The van der Waals surface area contributed by atoms with Crippen molar-refractivity contribution in [3.8, 4) is 17.2 Å². The minimum atomic E-state index is -1.73. The van der Waals surface area contributed by atoms with Crippen molar-refractivity contribution in [2.45, 2.75) is 43.9 Å². The van der Waals surface area contributed by atoms with Crippen molar-refractivity contribution >= 4 is 11.0 Å². The van der Waals surface area contributed by atoms with Gasteiger partial charge in [0, 0.05) is 6.07 Å². The molecule has 1 aliphatic rings. The highest BCUT2D eigenvalue weighted by atomic mass is 16.7. The number of hydrogen-bond donors (Lipinski definition) is 4. The lowest BCUT2D eigenvalue weighted by Crippen LogP contribution is -2.60. The van der Waals surface area contributed by atoms with Gasteiger partial charge in [0.15, 0.2) is 5.75 Å². The molecule has 1 aliphatic heterocycles. The number of benzene rings is 3. The van der Waals surface area contributed by atoms with Crippen molar-refractivity contribution in [3.63, 3.8) is 0 Å². The van der Waals surface area contributed by atoms with Crippen LogP contribution in [0.1, 0.15) is 11.1 Å². The summed E-state index contributed by atoms with van der Waals surface area (Å²) in [7, 11) is 0. The summed E-state index contributed by atoms with van der Waals surface area (Å²) in [5.41, 5.74) is 1.03. The van der Waals surface area contributed by atoms with Crippen LogP contribution in [0.4, 0.5) is 0 Å². The minimum absolute atomic E-state index is 0.0247. The quantitative estimate of drug-likeness (QED) is 0.235. The predicted molar refractivity (Wildman–Crippen MR) is 138 cm³/mol. The van der Waals surface area contributed by atoms with Crippen molar-refractivity contribution < 1.29 is 43.8 Å².